The maximum Gasteiger partial charge on any atom is 0.301 e. The van der Waals surface area contributed by atoms with Gasteiger partial charge in [-0.15, -0.1) is 0 Å². The molecule has 1 atom stereocenters. The molecule has 0 spiro atoms. The van der Waals surface area contributed by atoms with E-state index in [4.69, 9.17) is 4.42 Å². The molecule has 1 aliphatic rings. The number of para-hydroxylation sites is 4. The molecule has 0 saturated carbocycles. The van der Waals surface area contributed by atoms with Gasteiger partial charge in [-0.1, -0.05) is 91.0 Å². The smallest absolute Gasteiger partial charge is 0.301 e. The van der Waals surface area contributed by atoms with Crippen LogP contribution in [-0.2, 0) is 4.57 Å². The summed E-state index contributed by atoms with van der Waals surface area (Å²) in [5.74, 6) is 0. The summed E-state index contributed by atoms with van der Waals surface area (Å²) in [7, 11) is -3.47. The van der Waals surface area contributed by atoms with Crippen LogP contribution in [0.15, 0.2) is 174 Å². The maximum atomic E-state index is 16.0. The summed E-state index contributed by atoms with van der Waals surface area (Å²) in [5.41, 5.74) is 8.45. The van der Waals surface area contributed by atoms with Crippen LogP contribution in [0.3, 0.4) is 0 Å². The number of hydrogen-bond donors (Lipinski definition) is 0. The van der Waals surface area contributed by atoms with Crippen LogP contribution in [0.2, 0.25) is 0 Å². The lowest BCUT2D eigenvalue weighted by molar-refractivity contribution is 0.582. The molecule has 0 aliphatic carbocycles. The molecule has 9 aromatic rings. The van der Waals surface area contributed by atoms with Crippen molar-refractivity contribution in [1.82, 2.24) is 4.57 Å². The Kier molecular flexibility index (Phi) is 5.78. The van der Waals surface area contributed by atoms with E-state index < -0.39 is 7.44 Å². The van der Waals surface area contributed by atoms with Crippen molar-refractivity contribution in [3.63, 3.8) is 0 Å². The van der Waals surface area contributed by atoms with Gasteiger partial charge in [0, 0.05) is 38.6 Å². The molecule has 10 rings (SSSR count). The lowest BCUT2D eigenvalue weighted by Crippen LogP contribution is -2.26. The first-order chi connectivity index (χ1) is 23.7. The van der Waals surface area contributed by atoms with Gasteiger partial charge >= 0.3 is 7.44 Å². The average Bonchev–Trinajstić information content (AvgIpc) is 3.76. The molecule has 7 aromatic carbocycles. The molecule has 3 heterocycles. The summed E-state index contributed by atoms with van der Waals surface area (Å²) in [6.07, 6.45) is 0. The van der Waals surface area contributed by atoms with Gasteiger partial charge in [0.1, 0.15) is 11.2 Å². The van der Waals surface area contributed by atoms with Gasteiger partial charge in [0.25, 0.3) is 0 Å². The molecule has 0 amide bonds. The highest BCUT2D eigenvalue weighted by molar-refractivity contribution is 7.76. The number of fused-ring (bicyclic) bond motifs is 7. The van der Waals surface area contributed by atoms with Gasteiger partial charge in [-0.05, 0) is 78.9 Å². The Morgan fingerprint density at radius 1 is 0.417 bits per heavy atom. The number of nitrogens with zero attached hydrogens (tertiary/aromatic N) is 3. The minimum absolute atomic E-state index is 0.765. The molecule has 1 unspecified atom stereocenters. The summed E-state index contributed by atoms with van der Waals surface area (Å²) in [5, 5.41) is 5.21. The molecule has 0 fully saturated rings. The Balaban J connectivity index is 1.28. The average molecular weight is 638 g/mol. The molecule has 0 bridgehead atoms. The van der Waals surface area contributed by atoms with E-state index in [9.17, 15) is 0 Å². The number of furan rings is 1. The van der Waals surface area contributed by atoms with Crippen LogP contribution >= 0.6 is 7.44 Å². The van der Waals surface area contributed by atoms with E-state index in [2.05, 4.69) is 76.0 Å². The Bertz CT molecular complexity index is 2720. The number of anilines is 4. The third kappa shape index (κ3) is 3.77. The second-order valence-electron chi connectivity index (χ2n) is 12.2. The molecular formula is C42H28N3O2P. The highest BCUT2D eigenvalue weighted by Crippen LogP contribution is 2.70. The van der Waals surface area contributed by atoms with E-state index in [1.807, 2.05) is 108 Å². The Morgan fingerprint density at radius 3 is 1.75 bits per heavy atom. The molecular weight excluding hydrogens is 609 g/mol. The third-order valence-electron chi connectivity index (χ3n) is 9.48. The lowest BCUT2D eigenvalue weighted by Gasteiger charge is -2.33. The van der Waals surface area contributed by atoms with Gasteiger partial charge in [0.05, 0.1) is 27.7 Å². The molecule has 0 N–H and O–H groups in total. The predicted molar refractivity (Wildman–Crippen MR) is 199 cm³/mol. The molecule has 6 heteroatoms. The first kappa shape index (κ1) is 27.1. The van der Waals surface area contributed by atoms with Crippen LogP contribution in [0, 0.1) is 0 Å². The van der Waals surface area contributed by atoms with Crippen molar-refractivity contribution in [2.75, 3.05) is 9.34 Å². The number of hydrogen-bond acceptors (Lipinski definition) is 2. The van der Waals surface area contributed by atoms with Gasteiger partial charge in [-0.25, -0.2) is 0 Å². The van der Waals surface area contributed by atoms with E-state index >= 15 is 4.57 Å². The molecule has 2 aromatic heterocycles. The maximum absolute atomic E-state index is 16.0. The van der Waals surface area contributed by atoms with Crippen molar-refractivity contribution in [2.24, 2.45) is 0 Å². The molecule has 5 nitrogen and oxygen atoms in total. The van der Waals surface area contributed by atoms with E-state index in [1.165, 1.54) is 0 Å². The highest BCUT2D eigenvalue weighted by Gasteiger charge is 2.49. The zero-order valence-electron chi connectivity index (χ0n) is 25.8. The van der Waals surface area contributed by atoms with Crippen molar-refractivity contribution < 1.29 is 8.98 Å². The quantitative estimate of drug-likeness (QED) is 0.180. The van der Waals surface area contributed by atoms with Gasteiger partial charge < -0.3 is 8.98 Å². The number of rotatable bonds is 4. The topological polar surface area (TPSA) is 41.6 Å². The third-order valence-corrected chi connectivity index (χ3v) is 12.4. The van der Waals surface area contributed by atoms with Crippen LogP contribution in [0.4, 0.5) is 22.7 Å². The van der Waals surface area contributed by atoms with E-state index in [-0.39, 0.29) is 0 Å². The summed E-state index contributed by atoms with van der Waals surface area (Å²) in [4.78, 5) is 0. The Morgan fingerprint density at radius 2 is 1.02 bits per heavy atom. The van der Waals surface area contributed by atoms with Gasteiger partial charge in [0.15, 0.2) is 0 Å². The predicted octanol–water partition coefficient (Wildman–Crippen LogP) is 11.5. The molecule has 48 heavy (non-hydrogen) atoms. The van der Waals surface area contributed by atoms with Gasteiger partial charge in [-0.3, -0.25) is 13.9 Å². The molecule has 0 saturated heterocycles. The van der Waals surface area contributed by atoms with E-state index in [0.29, 0.717) is 0 Å². The minimum atomic E-state index is -3.47. The number of benzene rings is 7. The van der Waals surface area contributed by atoms with Crippen LogP contribution in [0.1, 0.15) is 0 Å². The van der Waals surface area contributed by atoms with E-state index in [0.717, 1.165) is 77.5 Å². The summed E-state index contributed by atoms with van der Waals surface area (Å²) >= 11 is 0. The monoisotopic (exact) mass is 637 g/mol. The fourth-order valence-electron chi connectivity index (χ4n) is 7.43. The van der Waals surface area contributed by atoms with Crippen molar-refractivity contribution in [3.8, 4) is 5.69 Å². The molecule has 0 radical (unpaired) electrons. The second-order valence-corrected chi connectivity index (χ2v) is 14.6. The normalized spacial score (nSPS) is 16.0. The molecule has 1 aliphatic heterocycles. The van der Waals surface area contributed by atoms with Crippen LogP contribution in [0.25, 0.3) is 49.4 Å². The van der Waals surface area contributed by atoms with Crippen LogP contribution in [-0.4, -0.2) is 4.57 Å². The molecule has 228 valence electrons. The highest BCUT2D eigenvalue weighted by atomic mass is 31.2. The van der Waals surface area contributed by atoms with Crippen molar-refractivity contribution >= 4 is 79.2 Å². The second kappa shape index (κ2) is 10.2. The van der Waals surface area contributed by atoms with E-state index in [1.54, 1.807) is 0 Å². The Hall–Kier alpha value is -6.03. The fraction of sp³-hybridized carbons (Fsp3) is 0. The zero-order chi connectivity index (χ0) is 31.8. The fourth-order valence-corrected chi connectivity index (χ4v) is 10.4. The van der Waals surface area contributed by atoms with Crippen molar-refractivity contribution in [3.05, 3.63) is 170 Å². The Labute approximate surface area is 277 Å². The van der Waals surface area contributed by atoms with Crippen molar-refractivity contribution in [2.45, 2.75) is 0 Å². The van der Waals surface area contributed by atoms with Crippen molar-refractivity contribution in [1.29, 1.82) is 0 Å². The number of aromatic nitrogens is 1. The summed E-state index contributed by atoms with van der Waals surface area (Å²) in [6, 6.07) is 57.7. The SMILES string of the molecule is O=P1(c2ccccc2)N(c2ccccc2)c2ccc(-n3c4ccccc4c4cc5oc6ccccc6c5cc43)cc2N1c1ccccc1. The minimum Gasteiger partial charge on any atom is -0.456 e. The van der Waals surface area contributed by atoms with Crippen LogP contribution in [0.5, 0.6) is 0 Å². The largest absolute Gasteiger partial charge is 0.456 e. The lowest BCUT2D eigenvalue weighted by atomic mass is 10.1. The van der Waals surface area contributed by atoms with Gasteiger partial charge in [-0.2, -0.15) is 0 Å². The first-order valence-electron chi connectivity index (χ1n) is 16.1. The first-order valence-corrected chi connectivity index (χ1v) is 17.7. The standard InChI is InChI=1S/C42H28N3O2P/c46-48(32-18-8-3-9-19-32)44(29-14-4-1-5-15-29)38-25-24-31(26-40(38)45(48)30-16-6-2-7-17-30)43-37-22-12-10-20-33(37)35-28-42-36(27-39(35)43)34-21-11-13-23-41(34)47-42/h1-28H. The van der Waals surface area contributed by atoms with Gasteiger partial charge in [0.2, 0.25) is 0 Å². The zero-order valence-corrected chi connectivity index (χ0v) is 26.7. The van der Waals surface area contributed by atoms with Crippen LogP contribution < -0.4 is 14.6 Å². The summed E-state index contributed by atoms with van der Waals surface area (Å²) in [6.45, 7) is 0. The summed E-state index contributed by atoms with van der Waals surface area (Å²) < 4.78 is 28.8.